The number of guanidine groups is 1. The topological polar surface area (TPSA) is 49.3 Å². The van der Waals surface area contributed by atoms with Gasteiger partial charge in [-0.15, -0.1) is 0 Å². The minimum absolute atomic E-state index is 0.329. The molecular weight excluding hydrogens is 304 g/mol. The Balaban J connectivity index is 1.61. The average molecular weight is 328 g/mol. The molecule has 2 N–H and O–H groups in total. The van der Waals surface area contributed by atoms with Gasteiger partial charge < -0.3 is 10.6 Å². The summed E-state index contributed by atoms with van der Waals surface area (Å²) in [5, 5.41) is 9.26. The molecule has 2 heterocycles. The fourth-order valence-corrected chi connectivity index (χ4v) is 4.20. The van der Waals surface area contributed by atoms with Gasteiger partial charge in [0.1, 0.15) is 0 Å². The molecule has 4 nitrogen and oxygen atoms in total. The van der Waals surface area contributed by atoms with Crippen molar-refractivity contribution in [3.8, 4) is 0 Å². The van der Waals surface area contributed by atoms with Crippen molar-refractivity contribution in [1.29, 1.82) is 0 Å². The van der Waals surface area contributed by atoms with Crippen LogP contribution in [0.1, 0.15) is 25.5 Å². The van der Waals surface area contributed by atoms with Gasteiger partial charge in [0, 0.05) is 29.9 Å². The van der Waals surface area contributed by atoms with E-state index in [0.29, 0.717) is 11.3 Å². The lowest BCUT2D eigenvalue weighted by molar-refractivity contribution is 0.584. The number of thioether (sulfide) groups is 1. The van der Waals surface area contributed by atoms with Crippen molar-refractivity contribution in [2.75, 3.05) is 19.3 Å². The zero-order valence-electron chi connectivity index (χ0n) is 13.8. The summed E-state index contributed by atoms with van der Waals surface area (Å²) in [7, 11) is 1.82. The molecule has 0 radical (unpaired) electrons. The van der Waals surface area contributed by atoms with E-state index in [1.54, 1.807) is 0 Å². The largest absolute Gasteiger partial charge is 0.355 e. The number of hydrogen-bond acceptors (Lipinski definition) is 3. The predicted molar refractivity (Wildman–Crippen MR) is 100 cm³/mol. The molecule has 122 valence electrons. The number of rotatable bonds is 4. The molecular formula is C18H24N4S. The average Bonchev–Trinajstić information content (AvgIpc) is 3.02. The monoisotopic (exact) mass is 328 g/mol. The fourth-order valence-electron chi connectivity index (χ4n) is 2.96. The highest BCUT2D eigenvalue weighted by atomic mass is 32.2. The molecule has 0 bridgehead atoms. The maximum atomic E-state index is 4.51. The van der Waals surface area contributed by atoms with Crippen molar-refractivity contribution >= 4 is 28.5 Å². The Hall–Kier alpha value is -1.75. The lowest BCUT2D eigenvalue weighted by Gasteiger charge is -2.24. The second-order valence-electron chi connectivity index (χ2n) is 6.16. The highest BCUT2D eigenvalue weighted by Gasteiger charge is 2.29. The molecule has 0 spiro atoms. The predicted octanol–water partition coefficient (Wildman–Crippen LogP) is 3.19. The molecule has 0 saturated carbocycles. The van der Waals surface area contributed by atoms with Crippen LogP contribution in [0, 0.1) is 0 Å². The van der Waals surface area contributed by atoms with E-state index in [1.807, 2.05) is 19.3 Å². The third kappa shape index (κ3) is 3.96. The number of nitrogens with zero attached hydrogens (tertiary/aromatic N) is 2. The Labute approximate surface area is 142 Å². The van der Waals surface area contributed by atoms with Crippen LogP contribution in [0.5, 0.6) is 0 Å². The van der Waals surface area contributed by atoms with Crippen molar-refractivity contribution in [3.05, 3.63) is 42.2 Å². The van der Waals surface area contributed by atoms with Crippen LogP contribution in [0.4, 0.5) is 0 Å². The fraction of sp³-hybridized carbons (Fsp3) is 0.444. The van der Waals surface area contributed by atoms with Gasteiger partial charge in [0.05, 0.1) is 12.2 Å². The van der Waals surface area contributed by atoms with E-state index in [0.717, 1.165) is 18.2 Å². The zero-order chi connectivity index (χ0) is 16.1. The van der Waals surface area contributed by atoms with Crippen molar-refractivity contribution < 1.29 is 0 Å². The van der Waals surface area contributed by atoms with Crippen LogP contribution < -0.4 is 10.6 Å². The molecule has 1 aliphatic rings. The Morgan fingerprint density at radius 1 is 1.30 bits per heavy atom. The van der Waals surface area contributed by atoms with Gasteiger partial charge >= 0.3 is 0 Å². The number of aliphatic imine (C=N–C) groups is 1. The molecule has 1 atom stereocenters. The molecule has 1 aromatic carbocycles. The number of benzene rings is 1. The highest BCUT2D eigenvalue weighted by Crippen LogP contribution is 2.36. The third-order valence-electron chi connectivity index (χ3n) is 4.33. The third-order valence-corrected chi connectivity index (χ3v) is 5.87. The molecule has 1 saturated heterocycles. The van der Waals surface area contributed by atoms with Crippen LogP contribution in [-0.2, 0) is 6.54 Å². The normalized spacial score (nSPS) is 21.6. The standard InChI is InChI=1S/C18H24N4S/c1-18(9-5-11-23-18)13-22-17(19-2)21-12-16-15-7-4-3-6-14(15)8-10-20-16/h3-4,6-8,10H,5,9,11-13H2,1-2H3,(H2,19,21,22). The summed E-state index contributed by atoms with van der Waals surface area (Å²) in [5.41, 5.74) is 1.05. The molecule has 2 aromatic rings. The molecule has 0 aliphatic carbocycles. The summed E-state index contributed by atoms with van der Waals surface area (Å²) in [5.74, 6) is 2.11. The van der Waals surface area contributed by atoms with Crippen molar-refractivity contribution in [2.24, 2.45) is 4.99 Å². The van der Waals surface area contributed by atoms with Crippen molar-refractivity contribution in [2.45, 2.75) is 31.1 Å². The summed E-state index contributed by atoms with van der Waals surface area (Å²) in [6, 6.07) is 10.4. The van der Waals surface area contributed by atoms with E-state index in [1.165, 1.54) is 29.4 Å². The molecule has 0 amide bonds. The quantitative estimate of drug-likeness (QED) is 0.668. The first-order valence-corrected chi connectivity index (χ1v) is 9.10. The van der Waals surface area contributed by atoms with Gasteiger partial charge in [-0.1, -0.05) is 24.3 Å². The lowest BCUT2D eigenvalue weighted by atomic mass is 10.1. The van der Waals surface area contributed by atoms with E-state index in [-0.39, 0.29) is 0 Å². The number of aromatic nitrogens is 1. The van der Waals surface area contributed by atoms with Crippen LogP contribution in [0.3, 0.4) is 0 Å². The summed E-state index contributed by atoms with van der Waals surface area (Å²) in [6.45, 7) is 3.95. The van der Waals surface area contributed by atoms with Crippen LogP contribution in [0.15, 0.2) is 41.5 Å². The molecule has 1 unspecified atom stereocenters. The molecule has 1 aliphatic heterocycles. The van der Waals surface area contributed by atoms with Crippen LogP contribution in [0.25, 0.3) is 10.8 Å². The maximum absolute atomic E-state index is 4.51. The summed E-state index contributed by atoms with van der Waals surface area (Å²) < 4.78 is 0.329. The first kappa shape index (κ1) is 16.1. The van der Waals surface area contributed by atoms with Gasteiger partial charge in [-0.25, -0.2) is 0 Å². The molecule has 5 heteroatoms. The van der Waals surface area contributed by atoms with Gasteiger partial charge in [-0.2, -0.15) is 11.8 Å². The van der Waals surface area contributed by atoms with Gasteiger partial charge in [0.2, 0.25) is 0 Å². The van der Waals surface area contributed by atoms with Gasteiger partial charge in [-0.05, 0) is 37.0 Å². The number of pyridine rings is 1. The van der Waals surface area contributed by atoms with Gasteiger partial charge in [0.15, 0.2) is 5.96 Å². The summed E-state index contributed by atoms with van der Waals surface area (Å²) in [4.78, 5) is 8.85. The van der Waals surface area contributed by atoms with Gasteiger partial charge in [-0.3, -0.25) is 9.98 Å². The Morgan fingerprint density at radius 3 is 2.96 bits per heavy atom. The van der Waals surface area contributed by atoms with E-state index in [9.17, 15) is 0 Å². The molecule has 1 fully saturated rings. The van der Waals surface area contributed by atoms with Crippen molar-refractivity contribution in [3.63, 3.8) is 0 Å². The maximum Gasteiger partial charge on any atom is 0.191 e. The zero-order valence-corrected chi connectivity index (χ0v) is 14.6. The lowest BCUT2D eigenvalue weighted by Crippen LogP contribution is -2.43. The second-order valence-corrected chi connectivity index (χ2v) is 7.84. The number of nitrogens with one attached hydrogen (secondary N) is 2. The SMILES string of the molecule is CN=C(NCc1nccc2ccccc12)NCC1(C)CCCS1. The van der Waals surface area contributed by atoms with E-state index in [4.69, 9.17) is 0 Å². The Bertz CT molecular complexity index is 687. The number of hydrogen-bond donors (Lipinski definition) is 2. The number of fused-ring (bicyclic) bond motifs is 1. The minimum atomic E-state index is 0.329. The first-order chi connectivity index (χ1) is 11.2. The molecule has 3 rings (SSSR count). The Kier molecular flexibility index (Phi) is 5.06. The van der Waals surface area contributed by atoms with Crippen molar-refractivity contribution in [1.82, 2.24) is 15.6 Å². The van der Waals surface area contributed by atoms with Crippen LogP contribution >= 0.6 is 11.8 Å². The second kappa shape index (κ2) is 7.21. The molecule has 1 aromatic heterocycles. The van der Waals surface area contributed by atoms with Crippen LogP contribution in [-0.4, -0.2) is 35.0 Å². The van der Waals surface area contributed by atoms with Gasteiger partial charge in [0.25, 0.3) is 0 Å². The van der Waals surface area contributed by atoms with E-state index < -0.39 is 0 Å². The smallest absolute Gasteiger partial charge is 0.191 e. The highest BCUT2D eigenvalue weighted by molar-refractivity contribution is 8.00. The van der Waals surface area contributed by atoms with Crippen LogP contribution in [0.2, 0.25) is 0 Å². The van der Waals surface area contributed by atoms with E-state index in [2.05, 4.69) is 63.6 Å². The minimum Gasteiger partial charge on any atom is -0.355 e. The van der Waals surface area contributed by atoms with E-state index >= 15 is 0 Å². The summed E-state index contributed by atoms with van der Waals surface area (Å²) in [6.07, 6.45) is 4.45. The Morgan fingerprint density at radius 2 is 2.17 bits per heavy atom. The summed E-state index contributed by atoms with van der Waals surface area (Å²) >= 11 is 2.06. The molecule has 23 heavy (non-hydrogen) atoms. The first-order valence-electron chi connectivity index (χ1n) is 8.11.